The monoisotopic (exact) mass is 439 g/mol. The Hall–Kier alpha value is -2.04. The van der Waals surface area contributed by atoms with Crippen LogP contribution in [0.5, 0.6) is 5.75 Å². The van der Waals surface area contributed by atoms with Crippen molar-refractivity contribution in [3.8, 4) is 5.75 Å². The minimum atomic E-state index is -5.95. The summed E-state index contributed by atoms with van der Waals surface area (Å²) in [6.45, 7) is 4.78. The van der Waals surface area contributed by atoms with E-state index in [1.807, 2.05) is 0 Å². The molecule has 1 amide bonds. The molecular formula is C18H21F4NO5S. The molecule has 1 spiro atoms. The third-order valence-corrected chi connectivity index (χ3v) is 6.00. The van der Waals surface area contributed by atoms with Crippen LogP contribution in [0.3, 0.4) is 0 Å². The van der Waals surface area contributed by atoms with Crippen LogP contribution in [0.15, 0.2) is 12.1 Å². The fraction of sp³-hybridized carbons (Fsp3) is 0.611. The van der Waals surface area contributed by atoms with Gasteiger partial charge >= 0.3 is 21.7 Å². The Bertz CT molecular complexity index is 933. The van der Waals surface area contributed by atoms with Gasteiger partial charge in [0.1, 0.15) is 17.2 Å². The van der Waals surface area contributed by atoms with Gasteiger partial charge < -0.3 is 13.8 Å². The molecule has 1 aromatic carbocycles. The molecule has 0 atom stereocenters. The smallest absolute Gasteiger partial charge is 0.444 e. The number of carbonyl (C=O) groups excluding carboxylic acids is 1. The van der Waals surface area contributed by atoms with Crippen molar-refractivity contribution in [1.82, 2.24) is 4.90 Å². The number of fused-ring (bicyclic) bond motifs is 2. The Morgan fingerprint density at radius 2 is 1.79 bits per heavy atom. The van der Waals surface area contributed by atoms with E-state index in [-0.39, 0.29) is 24.2 Å². The molecule has 1 aromatic rings. The lowest BCUT2D eigenvalue weighted by molar-refractivity contribution is -0.0501. The number of amides is 1. The second-order valence-corrected chi connectivity index (χ2v) is 9.89. The summed E-state index contributed by atoms with van der Waals surface area (Å²) in [5.41, 5.74) is -7.24. The highest BCUT2D eigenvalue weighted by atomic mass is 32.2. The number of benzene rings is 1. The Morgan fingerprint density at radius 1 is 1.17 bits per heavy atom. The van der Waals surface area contributed by atoms with Crippen LogP contribution in [0.4, 0.5) is 22.4 Å². The first-order chi connectivity index (χ1) is 13.2. The molecule has 2 aliphatic rings. The fourth-order valence-corrected chi connectivity index (χ4v) is 4.22. The van der Waals surface area contributed by atoms with Crippen LogP contribution in [0.25, 0.3) is 0 Å². The van der Waals surface area contributed by atoms with Crippen LogP contribution in [0.1, 0.15) is 51.2 Å². The van der Waals surface area contributed by atoms with Gasteiger partial charge in [-0.2, -0.15) is 21.6 Å². The highest BCUT2D eigenvalue weighted by molar-refractivity contribution is 7.88. The molecule has 29 heavy (non-hydrogen) atoms. The molecule has 0 aromatic heterocycles. The Labute approximate surface area is 165 Å². The molecule has 0 saturated heterocycles. The summed E-state index contributed by atoms with van der Waals surface area (Å²) in [6.07, 6.45) is 1.04. The number of hydrogen-bond donors (Lipinski definition) is 0. The molecule has 0 radical (unpaired) electrons. The van der Waals surface area contributed by atoms with E-state index in [1.165, 1.54) is 4.90 Å². The van der Waals surface area contributed by atoms with E-state index in [0.717, 1.165) is 18.6 Å². The van der Waals surface area contributed by atoms with Crippen molar-refractivity contribution in [2.24, 2.45) is 0 Å². The van der Waals surface area contributed by atoms with E-state index in [1.54, 1.807) is 20.8 Å². The molecular weight excluding hydrogens is 418 g/mol. The van der Waals surface area contributed by atoms with E-state index in [0.29, 0.717) is 12.8 Å². The molecule has 0 bridgehead atoms. The minimum absolute atomic E-state index is 0.0883. The molecule has 3 rings (SSSR count). The van der Waals surface area contributed by atoms with Crippen LogP contribution in [0.2, 0.25) is 0 Å². The highest BCUT2D eigenvalue weighted by Gasteiger charge is 2.51. The third kappa shape index (κ3) is 4.01. The van der Waals surface area contributed by atoms with E-state index in [9.17, 15) is 30.8 Å². The molecule has 1 heterocycles. The predicted molar refractivity (Wildman–Crippen MR) is 94.2 cm³/mol. The second-order valence-electron chi connectivity index (χ2n) is 8.35. The van der Waals surface area contributed by atoms with Gasteiger partial charge in [-0.05, 0) is 45.7 Å². The number of rotatable bonds is 2. The first-order valence-electron chi connectivity index (χ1n) is 8.96. The molecule has 6 nitrogen and oxygen atoms in total. The van der Waals surface area contributed by atoms with Crippen LogP contribution in [0, 0.1) is 5.82 Å². The molecule has 11 heteroatoms. The lowest BCUT2D eigenvalue weighted by Gasteiger charge is -2.50. The Morgan fingerprint density at radius 3 is 2.28 bits per heavy atom. The largest absolute Gasteiger partial charge is 0.534 e. The number of hydrogen-bond acceptors (Lipinski definition) is 5. The summed E-state index contributed by atoms with van der Waals surface area (Å²) < 4.78 is 85.6. The van der Waals surface area contributed by atoms with Crippen molar-refractivity contribution in [1.29, 1.82) is 0 Å². The van der Waals surface area contributed by atoms with Crippen molar-refractivity contribution in [2.75, 3.05) is 6.54 Å². The average Bonchev–Trinajstić information content (AvgIpc) is 2.52. The van der Waals surface area contributed by atoms with Crippen LogP contribution >= 0.6 is 0 Å². The second kappa shape index (κ2) is 6.75. The van der Waals surface area contributed by atoms with E-state index >= 15 is 0 Å². The van der Waals surface area contributed by atoms with Gasteiger partial charge in [-0.25, -0.2) is 9.18 Å². The van der Waals surface area contributed by atoms with E-state index in [2.05, 4.69) is 4.18 Å². The number of ether oxygens (including phenoxy) is 1. The molecule has 1 aliphatic heterocycles. The summed E-state index contributed by atoms with van der Waals surface area (Å²) in [5, 5.41) is 0. The zero-order chi connectivity index (χ0) is 21.8. The Kier molecular flexibility index (Phi) is 5.04. The summed E-state index contributed by atoms with van der Waals surface area (Å²) in [4.78, 5) is 13.8. The number of alkyl halides is 3. The van der Waals surface area contributed by atoms with E-state index < -0.39 is 44.3 Å². The first-order valence-corrected chi connectivity index (χ1v) is 10.4. The van der Waals surface area contributed by atoms with Gasteiger partial charge in [0.15, 0.2) is 0 Å². The molecule has 1 aliphatic carbocycles. The normalized spacial score (nSPS) is 18.8. The maximum Gasteiger partial charge on any atom is 0.534 e. The van der Waals surface area contributed by atoms with Crippen molar-refractivity contribution < 1.29 is 39.7 Å². The van der Waals surface area contributed by atoms with Gasteiger partial charge in [0.2, 0.25) is 0 Å². The molecule has 0 N–H and O–H groups in total. The predicted octanol–water partition coefficient (Wildman–Crippen LogP) is 4.23. The lowest BCUT2D eigenvalue weighted by atomic mass is 9.61. The minimum Gasteiger partial charge on any atom is -0.444 e. The van der Waals surface area contributed by atoms with Gasteiger partial charge in [-0.15, -0.1) is 0 Å². The first kappa shape index (κ1) is 21.7. The molecule has 0 unspecified atom stereocenters. The fourth-order valence-electron chi connectivity index (χ4n) is 3.73. The Balaban J connectivity index is 2.06. The van der Waals surface area contributed by atoms with Crippen molar-refractivity contribution in [2.45, 2.75) is 63.1 Å². The molecule has 162 valence electrons. The summed E-state index contributed by atoms with van der Waals surface area (Å²) >= 11 is 0. The van der Waals surface area contributed by atoms with Gasteiger partial charge in [-0.3, -0.25) is 0 Å². The van der Waals surface area contributed by atoms with Gasteiger partial charge in [-0.1, -0.05) is 6.42 Å². The summed E-state index contributed by atoms with van der Waals surface area (Å²) in [6, 6.07) is 1.73. The zero-order valence-corrected chi connectivity index (χ0v) is 16.9. The topological polar surface area (TPSA) is 72.9 Å². The summed E-state index contributed by atoms with van der Waals surface area (Å²) in [5.74, 6) is -1.31. The SMILES string of the molecule is CC(C)(C)OC(=O)N1Cc2c(OS(=O)(=O)C(F)(F)F)ccc(F)c2C2(CCC2)C1. The highest BCUT2D eigenvalue weighted by Crippen LogP contribution is 2.51. The van der Waals surface area contributed by atoms with Crippen molar-refractivity contribution >= 4 is 16.2 Å². The van der Waals surface area contributed by atoms with Crippen LogP contribution < -0.4 is 4.18 Å². The third-order valence-electron chi connectivity index (χ3n) is 5.04. The van der Waals surface area contributed by atoms with Crippen LogP contribution in [-0.4, -0.2) is 37.1 Å². The quantitative estimate of drug-likeness (QED) is 0.392. The number of halogens is 4. The molecule has 1 saturated carbocycles. The standard InChI is InChI=1S/C18H21F4NO5S/c1-16(2,3)27-15(24)23-9-11-13(28-29(25,26)18(20,21)22)6-5-12(19)14(11)17(10-23)7-4-8-17/h5-6H,4,7-10H2,1-3H3. The van der Waals surface area contributed by atoms with Crippen LogP contribution in [-0.2, 0) is 26.8 Å². The number of nitrogens with zero attached hydrogens (tertiary/aromatic N) is 1. The van der Waals surface area contributed by atoms with Gasteiger partial charge in [0.05, 0.1) is 6.54 Å². The maximum absolute atomic E-state index is 14.7. The van der Waals surface area contributed by atoms with Crippen molar-refractivity contribution in [3.63, 3.8) is 0 Å². The van der Waals surface area contributed by atoms with Crippen molar-refractivity contribution in [3.05, 3.63) is 29.1 Å². The lowest BCUT2D eigenvalue weighted by Crippen LogP contribution is -2.53. The van der Waals surface area contributed by atoms with Gasteiger partial charge in [0.25, 0.3) is 0 Å². The van der Waals surface area contributed by atoms with Gasteiger partial charge in [0, 0.05) is 23.1 Å². The maximum atomic E-state index is 14.7. The molecule has 1 fully saturated rings. The summed E-state index contributed by atoms with van der Waals surface area (Å²) in [7, 11) is -5.95. The van der Waals surface area contributed by atoms with E-state index in [4.69, 9.17) is 4.74 Å². The number of carbonyl (C=O) groups is 1. The average molecular weight is 439 g/mol. The zero-order valence-electron chi connectivity index (χ0n) is 16.1.